The first-order chi connectivity index (χ1) is 14.8. The van der Waals surface area contributed by atoms with Gasteiger partial charge in [0.1, 0.15) is 12.3 Å². The number of fused-ring (bicyclic) bond motifs is 1. The van der Waals surface area contributed by atoms with Gasteiger partial charge in [-0.05, 0) is 42.6 Å². The number of carbonyl (C=O) groups is 3. The van der Waals surface area contributed by atoms with E-state index in [2.05, 4.69) is 40.4 Å². The molecule has 0 unspecified atom stereocenters. The van der Waals surface area contributed by atoms with Crippen molar-refractivity contribution in [2.24, 2.45) is 5.92 Å². The zero-order valence-corrected chi connectivity index (χ0v) is 20.8. The summed E-state index contributed by atoms with van der Waals surface area (Å²) in [5, 5.41) is 9.88. The predicted octanol–water partition coefficient (Wildman–Crippen LogP) is 3.53. The van der Waals surface area contributed by atoms with Gasteiger partial charge in [-0.3, -0.25) is 4.79 Å². The summed E-state index contributed by atoms with van der Waals surface area (Å²) in [6, 6.07) is -0.231. The summed E-state index contributed by atoms with van der Waals surface area (Å²) in [6.45, 7) is 16.9. The molecule has 0 aromatic rings. The van der Waals surface area contributed by atoms with Gasteiger partial charge in [-0.1, -0.05) is 39.5 Å². The molecule has 0 spiro atoms. The van der Waals surface area contributed by atoms with Crippen LogP contribution >= 0.6 is 0 Å². The van der Waals surface area contributed by atoms with Crippen LogP contribution in [0.1, 0.15) is 34.1 Å². The van der Waals surface area contributed by atoms with Gasteiger partial charge in [0.15, 0.2) is 8.32 Å². The molecule has 176 valence electrons. The Kier molecular flexibility index (Phi) is 6.45. The smallest absolute Gasteiger partial charge is 0.410 e. The third-order valence-electron chi connectivity index (χ3n) is 7.09. The van der Waals surface area contributed by atoms with Crippen molar-refractivity contribution in [2.45, 2.75) is 64.4 Å². The van der Waals surface area contributed by atoms with Crippen LogP contribution in [0, 0.1) is 5.92 Å². The fourth-order valence-electron chi connectivity index (χ4n) is 4.39. The molecule has 3 heterocycles. The zero-order valence-electron chi connectivity index (χ0n) is 19.8. The molecule has 1 fully saturated rings. The highest BCUT2D eigenvalue weighted by Gasteiger charge is 2.58. The minimum atomic E-state index is -2.08. The zero-order chi connectivity index (χ0) is 24.0. The average molecular weight is 463 g/mol. The molecule has 0 aromatic carbocycles. The number of β-lactam (4-membered cyclic amide) rings is 1. The Bertz CT molecular complexity index is 901. The first kappa shape index (κ1) is 24.3. The number of nitrogens with zero attached hydrogens (tertiary/aromatic N) is 2. The normalized spacial score (nSPS) is 24.2. The van der Waals surface area contributed by atoms with Crippen LogP contribution < -0.4 is 0 Å². The van der Waals surface area contributed by atoms with Gasteiger partial charge in [0, 0.05) is 13.1 Å². The van der Waals surface area contributed by atoms with Crippen molar-refractivity contribution in [2.75, 3.05) is 19.7 Å². The highest BCUT2D eigenvalue weighted by Crippen LogP contribution is 2.48. The Morgan fingerprint density at radius 3 is 2.59 bits per heavy atom. The van der Waals surface area contributed by atoms with Crippen molar-refractivity contribution in [1.82, 2.24) is 9.80 Å². The Balaban J connectivity index is 1.76. The maximum absolute atomic E-state index is 13.0. The molecule has 8 nitrogen and oxygen atoms in total. The lowest BCUT2D eigenvalue weighted by Gasteiger charge is -2.48. The van der Waals surface area contributed by atoms with Crippen LogP contribution in [0.4, 0.5) is 4.79 Å². The molecule has 1 saturated heterocycles. The molecule has 2 amide bonds. The van der Waals surface area contributed by atoms with Crippen LogP contribution in [0.5, 0.6) is 0 Å². The molecule has 3 rings (SSSR count). The molecule has 0 aromatic heterocycles. The minimum absolute atomic E-state index is 0.0113. The van der Waals surface area contributed by atoms with E-state index in [1.54, 1.807) is 0 Å². The molecule has 0 radical (unpaired) electrons. The van der Waals surface area contributed by atoms with Gasteiger partial charge < -0.3 is 24.1 Å². The van der Waals surface area contributed by atoms with Gasteiger partial charge in [-0.2, -0.15) is 0 Å². The highest BCUT2D eigenvalue weighted by atomic mass is 28.4. The molecule has 3 aliphatic heterocycles. The molecule has 9 heteroatoms. The van der Waals surface area contributed by atoms with E-state index in [0.29, 0.717) is 18.5 Å². The topological polar surface area (TPSA) is 96.4 Å². The number of hydrogen-bond donors (Lipinski definition) is 1. The van der Waals surface area contributed by atoms with E-state index in [1.807, 2.05) is 13.0 Å². The van der Waals surface area contributed by atoms with Crippen molar-refractivity contribution in [3.63, 3.8) is 0 Å². The molecular weight excluding hydrogens is 428 g/mol. The summed E-state index contributed by atoms with van der Waals surface area (Å²) in [6.07, 6.45) is 3.02. The van der Waals surface area contributed by atoms with E-state index in [1.165, 1.54) is 15.9 Å². The van der Waals surface area contributed by atoms with E-state index in [4.69, 9.17) is 9.16 Å². The number of carbonyl (C=O) groups excluding carboxylic acids is 2. The van der Waals surface area contributed by atoms with E-state index < -0.39 is 20.4 Å². The van der Waals surface area contributed by atoms with Gasteiger partial charge in [-0.15, -0.1) is 0 Å². The van der Waals surface area contributed by atoms with Crippen molar-refractivity contribution in [1.29, 1.82) is 0 Å². The first-order valence-corrected chi connectivity index (χ1v) is 13.9. The Hall–Kier alpha value is -2.39. The van der Waals surface area contributed by atoms with E-state index in [-0.39, 0.29) is 47.9 Å². The second-order valence-corrected chi connectivity index (χ2v) is 15.0. The van der Waals surface area contributed by atoms with Gasteiger partial charge >= 0.3 is 12.1 Å². The molecule has 3 aliphatic rings. The number of carboxylic acid groups (broad SMARTS) is 1. The molecule has 32 heavy (non-hydrogen) atoms. The summed E-state index contributed by atoms with van der Waals surface area (Å²) >= 11 is 0. The van der Waals surface area contributed by atoms with Gasteiger partial charge in [0.25, 0.3) is 0 Å². The van der Waals surface area contributed by atoms with Crippen molar-refractivity contribution in [3.05, 3.63) is 35.6 Å². The SMILES string of the molecule is C=CCOC(=O)N1CC=C(C2=C(C(=O)O)N3C(=O)[C@H]([C@@H](C)O[Si](C)(C)C(C)(C)C)[C@H]3C2)C1. The lowest BCUT2D eigenvalue weighted by molar-refractivity contribution is -0.160. The molecule has 3 atom stereocenters. The molecule has 1 N–H and O–H groups in total. The summed E-state index contributed by atoms with van der Waals surface area (Å²) < 4.78 is 11.5. The number of rotatable bonds is 7. The van der Waals surface area contributed by atoms with Gasteiger partial charge in [0.05, 0.1) is 18.1 Å². The number of amides is 2. The number of hydrogen-bond acceptors (Lipinski definition) is 5. The summed E-state index contributed by atoms with van der Waals surface area (Å²) in [5.41, 5.74) is 1.41. The van der Waals surface area contributed by atoms with Crippen molar-refractivity contribution < 1.29 is 28.7 Å². The summed E-state index contributed by atoms with van der Waals surface area (Å²) in [7, 11) is -2.08. The number of ether oxygens (including phenoxy) is 1. The Morgan fingerprint density at radius 2 is 2.03 bits per heavy atom. The first-order valence-electron chi connectivity index (χ1n) is 11.0. The maximum Gasteiger partial charge on any atom is 0.410 e. The monoisotopic (exact) mass is 462 g/mol. The van der Waals surface area contributed by atoms with E-state index in [0.717, 1.165) is 5.57 Å². The fraction of sp³-hybridized carbons (Fsp3) is 0.609. The Labute approximate surface area is 190 Å². The third kappa shape index (κ3) is 4.15. The van der Waals surface area contributed by atoms with Crippen molar-refractivity contribution in [3.8, 4) is 0 Å². The second kappa shape index (κ2) is 8.51. The van der Waals surface area contributed by atoms with E-state index >= 15 is 0 Å². The van der Waals surface area contributed by atoms with Crippen LogP contribution in [-0.4, -0.2) is 73.0 Å². The quantitative estimate of drug-likeness (QED) is 0.353. The average Bonchev–Trinajstić information content (AvgIpc) is 3.27. The third-order valence-corrected chi connectivity index (χ3v) is 11.7. The highest BCUT2D eigenvalue weighted by molar-refractivity contribution is 6.74. The summed E-state index contributed by atoms with van der Waals surface area (Å²) in [4.78, 5) is 40.2. The standard InChI is InChI=1S/C23H34N2O6Si/c1-8-11-30-22(29)24-10-9-15(13-24)16-12-17-18(20(26)25(17)19(16)21(27)28)14(2)31-32(6,7)23(3,4)5/h8-9,14,17-18H,1,10-13H2,2-7H3,(H,27,28)/t14-,17-,18-/m1/s1. The minimum Gasteiger partial charge on any atom is -0.477 e. The van der Waals surface area contributed by atoms with Crippen LogP contribution in [0.15, 0.2) is 35.6 Å². The Morgan fingerprint density at radius 1 is 1.38 bits per heavy atom. The van der Waals surface area contributed by atoms with Crippen molar-refractivity contribution >= 4 is 26.3 Å². The van der Waals surface area contributed by atoms with Crippen LogP contribution in [-0.2, 0) is 18.8 Å². The molecule has 0 saturated carbocycles. The van der Waals surface area contributed by atoms with Gasteiger partial charge in [0.2, 0.25) is 5.91 Å². The number of aliphatic carboxylic acids is 1. The predicted molar refractivity (Wildman–Crippen MR) is 122 cm³/mol. The van der Waals surface area contributed by atoms with Gasteiger partial charge in [-0.25, -0.2) is 9.59 Å². The summed E-state index contributed by atoms with van der Waals surface area (Å²) in [5.74, 6) is -1.69. The van der Waals surface area contributed by atoms with E-state index in [9.17, 15) is 19.5 Å². The lowest BCUT2D eigenvalue weighted by Crippen LogP contribution is -2.63. The largest absolute Gasteiger partial charge is 0.477 e. The lowest BCUT2D eigenvalue weighted by atomic mass is 9.82. The number of carboxylic acids is 1. The molecule has 0 aliphatic carbocycles. The molecular formula is C23H34N2O6Si. The molecule has 0 bridgehead atoms. The fourth-order valence-corrected chi connectivity index (χ4v) is 5.82. The maximum atomic E-state index is 13.0. The van der Waals surface area contributed by atoms with Crippen LogP contribution in [0.2, 0.25) is 18.1 Å². The van der Waals surface area contributed by atoms with Crippen LogP contribution in [0.3, 0.4) is 0 Å². The second-order valence-electron chi connectivity index (χ2n) is 10.2. The van der Waals surface area contributed by atoms with Crippen LogP contribution in [0.25, 0.3) is 0 Å².